The van der Waals surface area contributed by atoms with Crippen LogP contribution in [0.25, 0.3) is 28.3 Å². The first kappa shape index (κ1) is 17.3. The summed E-state index contributed by atoms with van der Waals surface area (Å²) in [5.41, 5.74) is 2.90. The number of fused-ring (bicyclic) bond motifs is 6. The van der Waals surface area contributed by atoms with Crippen molar-refractivity contribution < 1.29 is 9.26 Å². The van der Waals surface area contributed by atoms with Gasteiger partial charge in [-0.25, -0.2) is 9.97 Å². The highest BCUT2D eigenvalue weighted by Gasteiger charge is 2.48. The van der Waals surface area contributed by atoms with Gasteiger partial charge in [0.1, 0.15) is 29.5 Å². The summed E-state index contributed by atoms with van der Waals surface area (Å²) >= 11 is 0. The molecule has 0 spiro atoms. The maximum absolute atomic E-state index is 5.86. The molecule has 6 rings (SSSR count). The van der Waals surface area contributed by atoms with Crippen molar-refractivity contribution in [3.8, 4) is 28.3 Å². The topological polar surface area (TPSA) is 95.0 Å². The van der Waals surface area contributed by atoms with Crippen LogP contribution in [-0.2, 0) is 10.3 Å². The molecular weight excluding hydrogens is 382 g/mol. The summed E-state index contributed by atoms with van der Waals surface area (Å²) in [6.07, 6.45) is 5.97. The summed E-state index contributed by atoms with van der Waals surface area (Å²) in [7, 11) is 0. The molecule has 5 heterocycles. The first-order valence-corrected chi connectivity index (χ1v) is 9.95. The molecule has 1 unspecified atom stereocenters. The van der Waals surface area contributed by atoms with Gasteiger partial charge in [0.15, 0.2) is 17.5 Å². The van der Waals surface area contributed by atoms with Crippen molar-refractivity contribution in [2.45, 2.75) is 18.9 Å². The fourth-order valence-corrected chi connectivity index (χ4v) is 4.43. The van der Waals surface area contributed by atoms with Gasteiger partial charge >= 0.3 is 0 Å². The first-order chi connectivity index (χ1) is 14.8. The SMILES string of the molecule is CCC12COCCN1c1nc(-c3conc3-c3ccccc3)ncc1-n1cnnc12. The molecule has 4 aromatic rings. The second-order valence-electron chi connectivity index (χ2n) is 7.46. The fourth-order valence-electron chi connectivity index (χ4n) is 4.43. The van der Waals surface area contributed by atoms with E-state index >= 15 is 0 Å². The van der Waals surface area contributed by atoms with Gasteiger partial charge in [-0.2, -0.15) is 0 Å². The van der Waals surface area contributed by atoms with E-state index in [9.17, 15) is 0 Å². The average Bonchev–Trinajstić information content (AvgIpc) is 3.50. The van der Waals surface area contributed by atoms with E-state index in [0.717, 1.165) is 47.1 Å². The number of rotatable bonds is 3. The number of morpholine rings is 1. The van der Waals surface area contributed by atoms with Crippen molar-refractivity contribution in [1.82, 2.24) is 29.9 Å². The highest BCUT2D eigenvalue weighted by molar-refractivity contribution is 5.78. The minimum atomic E-state index is -0.399. The van der Waals surface area contributed by atoms with E-state index in [0.29, 0.717) is 19.0 Å². The van der Waals surface area contributed by atoms with Gasteiger partial charge in [0.2, 0.25) is 0 Å². The lowest BCUT2D eigenvalue weighted by Crippen LogP contribution is -2.58. The van der Waals surface area contributed by atoms with E-state index in [-0.39, 0.29) is 0 Å². The van der Waals surface area contributed by atoms with Crippen molar-refractivity contribution in [2.75, 3.05) is 24.7 Å². The molecule has 3 aromatic heterocycles. The van der Waals surface area contributed by atoms with Gasteiger partial charge in [-0.15, -0.1) is 10.2 Å². The third-order valence-corrected chi connectivity index (χ3v) is 5.99. The number of anilines is 1. The summed E-state index contributed by atoms with van der Waals surface area (Å²) in [6, 6.07) is 9.90. The van der Waals surface area contributed by atoms with Crippen molar-refractivity contribution in [1.29, 1.82) is 0 Å². The Morgan fingerprint density at radius 3 is 2.97 bits per heavy atom. The molecule has 150 valence electrons. The van der Waals surface area contributed by atoms with E-state index in [4.69, 9.17) is 14.2 Å². The second-order valence-corrected chi connectivity index (χ2v) is 7.46. The summed E-state index contributed by atoms with van der Waals surface area (Å²) in [6.45, 7) is 4.04. The van der Waals surface area contributed by atoms with Gasteiger partial charge < -0.3 is 14.2 Å². The van der Waals surface area contributed by atoms with Crippen molar-refractivity contribution in [2.24, 2.45) is 0 Å². The largest absolute Gasteiger partial charge is 0.377 e. The zero-order valence-electron chi connectivity index (χ0n) is 16.4. The van der Waals surface area contributed by atoms with E-state index in [2.05, 4.69) is 32.2 Å². The van der Waals surface area contributed by atoms with Gasteiger partial charge in [-0.05, 0) is 6.42 Å². The van der Waals surface area contributed by atoms with Crippen LogP contribution < -0.4 is 4.90 Å². The minimum absolute atomic E-state index is 0.399. The molecule has 0 N–H and O–H groups in total. The number of benzene rings is 1. The number of aromatic nitrogens is 6. The molecule has 0 saturated carbocycles. The Morgan fingerprint density at radius 1 is 1.20 bits per heavy atom. The van der Waals surface area contributed by atoms with Crippen molar-refractivity contribution in [3.05, 3.63) is 54.9 Å². The Hall–Kier alpha value is -3.59. The van der Waals surface area contributed by atoms with Crippen molar-refractivity contribution >= 4 is 5.82 Å². The van der Waals surface area contributed by atoms with Crippen LogP contribution in [0.3, 0.4) is 0 Å². The predicted octanol–water partition coefficient (Wildman–Crippen LogP) is 2.83. The molecule has 30 heavy (non-hydrogen) atoms. The lowest BCUT2D eigenvalue weighted by atomic mass is 9.90. The lowest BCUT2D eigenvalue weighted by Gasteiger charge is -2.49. The lowest BCUT2D eigenvalue weighted by molar-refractivity contribution is 0.0391. The monoisotopic (exact) mass is 401 g/mol. The molecule has 0 amide bonds. The normalized spacial score (nSPS) is 19.8. The molecule has 2 aliphatic heterocycles. The fraction of sp³-hybridized carbons (Fsp3) is 0.286. The quantitative estimate of drug-likeness (QED) is 0.517. The standard InChI is InChI=1S/C21H19N7O2/c1-2-21-12-29-9-8-28(21)19-16(27-13-23-25-20(21)27)10-22-18(24-19)15-11-30-26-17(15)14-6-4-3-5-7-14/h3-7,10-11,13H,2,8-9,12H2,1H3. The Kier molecular flexibility index (Phi) is 3.72. The molecule has 1 aromatic carbocycles. The molecule has 1 saturated heterocycles. The van der Waals surface area contributed by atoms with Crippen LogP contribution in [0.5, 0.6) is 0 Å². The van der Waals surface area contributed by atoms with Gasteiger partial charge in [0.05, 0.1) is 25.0 Å². The van der Waals surface area contributed by atoms with E-state index in [1.165, 1.54) is 0 Å². The van der Waals surface area contributed by atoms with E-state index in [1.54, 1.807) is 12.6 Å². The number of nitrogens with zero attached hydrogens (tertiary/aromatic N) is 7. The van der Waals surface area contributed by atoms with Crippen LogP contribution >= 0.6 is 0 Å². The zero-order valence-corrected chi connectivity index (χ0v) is 16.4. The molecule has 1 fully saturated rings. The van der Waals surface area contributed by atoms with Gasteiger partial charge in [0, 0.05) is 12.1 Å². The zero-order chi connectivity index (χ0) is 20.1. The average molecular weight is 401 g/mol. The summed E-state index contributed by atoms with van der Waals surface area (Å²) < 4.78 is 13.1. The van der Waals surface area contributed by atoms with E-state index < -0.39 is 5.54 Å². The third kappa shape index (κ3) is 2.29. The van der Waals surface area contributed by atoms with Gasteiger partial charge in [-0.1, -0.05) is 42.4 Å². The first-order valence-electron chi connectivity index (χ1n) is 9.95. The van der Waals surface area contributed by atoms with Crippen LogP contribution in [0.4, 0.5) is 5.82 Å². The summed E-state index contributed by atoms with van der Waals surface area (Å²) in [5, 5.41) is 12.8. The number of hydrogen-bond acceptors (Lipinski definition) is 8. The molecule has 1 atom stereocenters. The Balaban J connectivity index is 1.53. The molecule has 9 heteroatoms. The minimum Gasteiger partial charge on any atom is -0.377 e. The summed E-state index contributed by atoms with van der Waals surface area (Å²) in [4.78, 5) is 11.9. The third-order valence-electron chi connectivity index (χ3n) is 5.99. The summed E-state index contributed by atoms with van der Waals surface area (Å²) in [5.74, 6) is 2.28. The predicted molar refractivity (Wildman–Crippen MR) is 108 cm³/mol. The maximum Gasteiger partial charge on any atom is 0.167 e. The molecule has 0 radical (unpaired) electrons. The molecule has 9 nitrogen and oxygen atoms in total. The number of hydrogen-bond donors (Lipinski definition) is 0. The Labute approximate surface area is 172 Å². The van der Waals surface area contributed by atoms with Gasteiger partial charge in [-0.3, -0.25) is 4.57 Å². The van der Waals surface area contributed by atoms with Gasteiger partial charge in [0.25, 0.3) is 0 Å². The maximum atomic E-state index is 5.86. The second kappa shape index (κ2) is 6.46. The van der Waals surface area contributed by atoms with Crippen LogP contribution in [0, 0.1) is 0 Å². The Bertz CT molecular complexity index is 1220. The van der Waals surface area contributed by atoms with Crippen LogP contribution in [0.1, 0.15) is 19.2 Å². The molecular formula is C21H19N7O2. The van der Waals surface area contributed by atoms with Crippen molar-refractivity contribution in [3.63, 3.8) is 0 Å². The highest BCUT2D eigenvalue weighted by atomic mass is 16.5. The van der Waals surface area contributed by atoms with E-state index in [1.807, 2.05) is 41.1 Å². The van der Waals surface area contributed by atoms with Crippen LogP contribution in [0.15, 0.2) is 53.6 Å². The number of ether oxygens (including phenoxy) is 1. The molecule has 2 aliphatic rings. The molecule has 0 bridgehead atoms. The smallest absolute Gasteiger partial charge is 0.167 e. The van der Waals surface area contributed by atoms with Crippen LogP contribution in [-0.4, -0.2) is 49.6 Å². The Morgan fingerprint density at radius 2 is 2.10 bits per heavy atom. The van der Waals surface area contributed by atoms with Crippen LogP contribution in [0.2, 0.25) is 0 Å². The molecule has 0 aliphatic carbocycles. The highest BCUT2D eigenvalue weighted by Crippen LogP contribution is 2.44.